The normalized spacial score (nSPS) is 32.5. The van der Waals surface area contributed by atoms with Crippen LogP contribution in [0.3, 0.4) is 0 Å². The lowest BCUT2D eigenvalue weighted by Crippen LogP contribution is -2.32. The Hall–Kier alpha value is -0.610. The molecule has 0 aromatic carbocycles. The summed E-state index contributed by atoms with van der Waals surface area (Å²) in [6.45, 7) is 2.00. The molecule has 2 heterocycles. The van der Waals surface area contributed by atoms with E-state index in [0.717, 1.165) is 25.9 Å². The van der Waals surface area contributed by atoms with Crippen LogP contribution in [-0.2, 0) is 9.53 Å². The van der Waals surface area contributed by atoms with Crippen molar-refractivity contribution < 1.29 is 14.6 Å². The van der Waals surface area contributed by atoms with Crippen LogP contribution in [0.15, 0.2) is 0 Å². The Balaban J connectivity index is 1.77. The molecule has 2 rings (SSSR count). The minimum absolute atomic E-state index is 0.125. The van der Waals surface area contributed by atoms with Gasteiger partial charge in [-0.05, 0) is 19.3 Å². The zero-order valence-corrected chi connectivity index (χ0v) is 8.32. The van der Waals surface area contributed by atoms with E-state index in [0.29, 0.717) is 19.5 Å². The van der Waals surface area contributed by atoms with E-state index in [-0.39, 0.29) is 18.1 Å². The van der Waals surface area contributed by atoms with Crippen LogP contribution < -0.4 is 0 Å². The molecule has 0 aliphatic carbocycles. The third-order valence-electron chi connectivity index (χ3n) is 2.94. The molecule has 2 fully saturated rings. The van der Waals surface area contributed by atoms with Crippen molar-refractivity contribution in [1.29, 1.82) is 0 Å². The maximum Gasteiger partial charge on any atom is 0.225 e. The first-order valence-corrected chi connectivity index (χ1v) is 5.33. The fraction of sp³-hybridized carbons (Fsp3) is 0.900. The van der Waals surface area contributed by atoms with Crippen LogP contribution in [0.25, 0.3) is 0 Å². The van der Waals surface area contributed by atoms with E-state index >= 15 is 0 Å². The van der Waals surface area contributed by atoms with Crippen LogP contribution in [-0.4, -0.2) is 47.8 Å². The van der Waals surface area contributed by atoms with Gasteiger partial charge in [0.05, 0.1) is 18.6 Å². The first kappa shape index (κ1) is 9.93. The number of hydrogen-bond donors (Lipinski definition) is 1. The molecule has 0 aromatic heterocycles. The molecular weight excluding hydrogens is 182 g/mol. The quantitative estimate of drug-likeness (QED) is 0.688. The Bertz CT molecular complexity index is 213. The number of aliphatic hydroxyl groups excluding tert-OH is 1. The number of rotatable bonds is 2. The molecule has 4 nitrogen and oxygen atoms in total. The van der Waals surface area contributed by atoms with E-state index in [1.807, 2.05) is 0 Å². The maximum atomic E-state index is 11.7. The van der Waals surface area contributed by atoms with E-state index < -0.39 is 0 Å². The second-order valence-electron chi connectivity index (χ2n) is 4.12. The molecule has 2 atom stereocenters. The highest BCUT2D eigenvalue weighted by Crippen LogP contribution is 2.18. The summed E-state index contributed by atoms with van der Waals surface area (Å²) in [5, 5.41) is 9.28. The fourth-order valence-corrected chi connectivity index (χ4v) is 2.10. The monoisotopic (exact) mass is 199 g/mol. The Morgan fingerprint density at radius 3 is 2.93 bits per heavy atom. The van der Waals surface area contributed by atoms with Crippen molar-refractivity contribution in [3.63, 3.8) is 0 Å². The summed E-state index contributed by atoms with van der Waals surface area (Å²) in [5.74, 6) is 0.133. The molecule has 14 heavy (non-hydrogen) atoms. The molecule has 0 saturated carbocycles. The zero-order chi connectivity index (χ0) is 9.97. The summed E-state index contributed by atoms with van der Waals surface area (Å²) in [4.78, 5) is 13.4. The first-order valence-electron chi connectivity index (χ1n) is 5.33. The smallest absolute Gasteiger partial charge is 0.225 e. The predicted molar refractivity (Wildman–Crippen MR) is 50.8 cm³/mol. The summed E-state index contributed by atoms with van der Waals surface area (Å²) < 4.78 is 5.40. The molecule has 0 radical (unpaired) electrons. The third-order valence-corrected chi connectivity index (χ3v) is 2.94. The van der Waals surface area contributed by atoms with Gasteiger partial charge >= 0.3 is 0 Å². The van der Waals surface area contributed by atoms with Gasteiger partial charge in [-0.2, -0.15) is 0 Å². The van der Waals surface area contributed by atoms with E-state index in [9.17, 15) is 9.90 Å². The topological polar surface area (TPSA) is 49.8 Å². The van der Waals surface area contributed by atoms with Gasteiger partial charge in [0.15, 0.2) is 0 Å². The first-order chi connectivity index (χ1) is 6.75. The molecule has 1 unspecified atom stereocenters. The summed E-state index contributed by atoms with van der Waals surface area (Å²) in [6, 6.07) is 0. The summed E-state index contributed by atoms with van der Waals surface area (Å²) in [5.41, 5.74) is 0. The van der Waals surface area contributed by atoms with Crippen molar-refractivity contribution in [2.24, 2.45) is 0 Å². The number of β-amino-alcohol motifs (C(OH)–C–C–N with tert-alkyl or cyclic N) is 1. The molecule has 2 aliphatic rings. The Labute approximate surface area is 83.8 Å². The lowest BCUT2D eigenvalue weighted by atomic mass is 10.1. The summed E-state index contributed by atoms with van der Waals surface area (Å²) >= 11 is 0. The number of likely N-dealkylation sites (tertiary alicyclic amines) is 1. The summed E-state index contributed by atoms with van der Waals surface area (Å²) in [7, 11) is 0. The maximum absolute atomic E-state index is 11.7. The molecule has 0 aromatic rings. The van der Waals surface area contributed by atoms with Gasteiger partial charge in [0, 0.05) is 19.7 Å². The van der Waals surface area contributed by atoms with E-state index in [2.05, 4.69) is 0 Å². The van der Waals surface area contributed by atoms with Gasteiger partial charge in [-0.1, -0.05) is 0 Å². The highest BCUT2D eigenvalue weighted by molar-refractivity contribution is 5.77. The molecule has 1 N–H and O–H groups in total. The molecule has 80 valence electrons. The number of carbonyl (C=O) groups excluding carboxylic acids is 1. The van der Waals surface area contributed by atoms with Crippen molar-refractivity contribution in [1.82, 2.24) is 4.90 Å². The average molecular weight is 199 g/mol. The van der Waals surface area contributed by atoms with Crippen molar-refractivity contribution >= 4 is 5.91 Å². The molecule has 1 amide bonds. The van der Waals surface area contributed by atoms with Crippen LogP contribution in [0.2, 0.25) is 0 Å². The van der Waals surface area contributed by atoms with Gasteiger partial charge in [-0.25, -0.2) is 0 Å². The molecule has 0 spiro atoms. The molecule has 0 bridgehead atoms. The minimum atomic E-state index is -0.316. The molecule has 2 saturated heterocycles. The average Bonchev–Trinajstić information content (AvgIpc) is 2.75. The Morgan fingerprint density at radius 2 is 2.36 bits per heavy atom. The van der Waals surface area contributed by atoms with Crippen molar-refractivity contribution in [3.05, 3.63) is 0 Å². The molecular formula is C10H17NO3. The van der Waals surface area contributed by atoms with Gasteiger partial charge in [0.2, 0.25) is 5.91 Å². The standard InChI is InChI=1S/C10H17NO3/c12-8-3-4-11(7-8)10(13)6-9-2-1-5-14-9/h8-9,12H,1-7H2/t8-,9?/m0/s1. The number of ether oxygens (including phenoxy) is 1. The number of carbonyl (C=O) groups is 1. The Morgan fingerprint density at radius 1 is 1.50 bits per heavy atom. The van der Waals surface area contributed by atoms with E-state index in [4.69, 9.17) is 4.74 Å². The number of hydrogen-bond acceptors (Lipinski definition) is 3. The van der Waals surface area contributed by atoms with Crippen LogP contribution in [0.4, 0.5) is 0 Å². The van der Waals surface area contributed by atoms with Gasteiger partial charge in [0.25, 0.3) is 0 Å². The number of amides is 1. The van der Waals surface area contributed by atoms with Crippen molar-refractivity contribution in [2.45, 2.75) is 37.9 Å². The molecule has 2 aliphatic heterocycles. The second-order valence-corrected chi connectivity index (χ2v) is 4.12. The van der Waals surface area contributed by atoms with Crippen LogP contribution in [0.1, 0.15) is 25.7 Å². The number of nitrogens with zero attached hydrogens (tertiary/aromatic N) is 1. The SMILES string of the molecule is O=C(CC1CCCO1)N1CC[C@H](O)C1. The van der Waals surface area contributed by atoms with Crippen LogP contribution >= 0.6 is 0 Å². The highest BCUT2D eigenvalue weighted by Gasteiger charge is 2.27. The second kappa shape index (κ2) is 4.28. The summed E-state index contributed by atoms with van der Waals surface area (Å²) in [6.07, 6.45) is 3.09. The van der Waals surface area contributed by atoms with Crippen molar-refractivity contribution in [2.75, 3.05) is 19.7 Å². The lowest BCUT2D eigenvalue weighted by Gasteiger charge is -2.17. The largest absolute Gasteiger partial charge is 0.391 e. The Kier molecular flexibility index (Phi) is 3.03. The van der Waals surface area contributed by atoms with Crippen LogP contribution in [0, 0.1) is 0 Å². The molecule has 4 heteroatoms. The lowest BCUT2D eigenvalue weighted by molar-refractivity contribution is -0.132. The predicted octanol–water partition coefficient (Wildman–Crippen LogP) is 0.149. The van der Waals surface area contributed by atoms with Gasteiger partial charge in [0.1, 0.15) is 0 Å². The third kappa shape index (κ3) is 2.25. The van der Waals surface area contributed by atoms with E-state index in [1.165, 1.54) is 0 Å². The zero-order valence-electron chi connectivity index (χ0n) is 8.32. The number of aliphatic hydroxyl groups is 1. The van der Waals surface area contributed by atoms with Gasteiger partial charge < -0.3 is 14.7 Å². The highest BCUT2D eigenvalue weighted by atomic mass is 16.5. The van der Waals surface area contributed by atoms with Crippen molar-refractivity contribution in [3.8, 4) is 0 Å². The van der Waals surface area contributed by atoms with Crippen LogP contribution in [0.5, 0.6) is 0 Å². The minimum Gasteiger partial charge on any atom is -0.391 e. The van der Waals surface area contributed by atoms with Gasteiger partial charge in [-0.3, -0.25) is 4.79 Å². The van der Waals surface area contributed by atoms with Gasteiger partial charge in [-0.15, -0.1) is 0 Å². The fourth-order valence-electron chi connectivity index (χ4n) is 2.10. The van der Waals surface area contributed by atoms with E-state index in [1.54, 1.807) is 4.90 Å².